The molecule has 0 atom stereocenters. The Morgan fingerprint density at radius 1 is 1.20 bits per heavy atom. The van der Waals surface area contributed by atoms with Crippen molar-refractivity contribution in [3.63, 3.8) is 0 Å². The van der Waals surface area contributed by atoms with E-state index < -0.39 is 0 Å². The van der Waals surface area contributed by atoms with E-state index in [4.69, 9.17) is 0 Å². The number of amides is 2. The second kappa shape index (κ2) is 4.08. The van der Waals surface area contributed by atoms with Gasteiger partial charge in [0, 0.05) is 25.0 Å². The topological polar surface area (TPSA) is 49.4 Å². The smallest absolute Gasteiger partial charge is 0.254 e. The van der Waals surface area contributed by atoms with E-state index in [1.54, 1.807) is 6.07 Å². The van der Waals surface area contributed by atoms with Crippen molar-refractivity contribution >= 4 is 11.8 Å². The molecule has 1 aliphatic carbocycles. The number of fused-ring (bicyclic) bond motifs is 1. The average molecular weight is 270 g/mol. The van der Waals surface area contributed by atoms with Crippen molar-refractivity contribution in [3.05, 3.63) is 34.9 Å². The highest BCUT2D eigenvalue weighted by Crippen LogP contribution is 2.45. The minimum Gasteiger partial charge on any atom is -0.348 e. The fraction of sp³-hybridized carbons (Fsp3) is 0.500. The van der Waals surface area contributed by atoms with Crippen molar-refractivity contribution in [2.45, 2.75) is 32.2 Å². The van der Waals surface area contributed by atoms with Gasteiger partial charge in [0.2, 0.25) is 0 Å². The van der Waals surface area contributed by atoms with Crippen LogP contribution in [0.5, 0.6) is 0 Å². The molecule has 4 nitrogen and oxygen atoms in total. The third-order valence-electron chi connectivity index (χ3n) is 5.05. The van der Waals surface area contributed by atoms with Gasteiger partial charge in [0.25, 0.3) is 11.8 Å². The van der Waals surface area contributed by atoms with Crippen LogP contribution in [-0.2, 0) is 6.54 Å². The summed E-state index contributed by atoms with van der Waals surface area (Å²) < 4.78 is 0. The first-order valence-corrected chi connectivity index (χ1v) is 7.38. The summed E-state index contributed by atoms with van der Waals surface area (Å²) in [6, 6.07) is 5.57. The van der Waals surface area contributed by atoms with Crippen LogP contribution in [0.4, 0.5) is 0 Å². The van der Waals surface area contributed by atoms with Crippen LogP contribution in [0.15, 0.2) is 18.2 Å². The lowest BCUT2D eigenvalue weighted by Gasteiger charge is -2.48. The van der Waals surface area contributed by atoms with E-state index in [-0.39, 0.29) is 11.8 Å². The molecule has 0 unspecified atom stereocenters. The van der Waals surface area contributed by atoms with Crippen molar-refractivity contribution < 1.29 is 9.59 Å². The van der Waals surface area contributed by atoms with Crippen molar-refractivity contribution in [2.24, 2.45) is 5.41 Å². The zero-order valence-corrected chi connectivity index (χ0v) is 11.4. The molecule has 2 amide bonds. The van der Waals surface area contributed by atoms with E-state index in [9.17, 15) is 9.59 Å². The van der Waals surface area contributed by atoms with Crippen LogP contribution < -0.4 is 5.32 Å². The first-order valence-electron chi connectivity index (χ1n) is 7.38. The maximum Gasteiger partial charge on any atom is 0.254 e. The number of nitrogens with one attached hydrogen (secondary N) is 1. The second-order valence-electron chi connectivity index (χ2n) is 6.39. The maximum absolute atomic E-state index is 12.6. The minimum atomic E-state index is -0.111. The van der Waals surface area contributed by atoms with Gasteiger partial charge in [-0.1, -0.05) is 25.0 Å². The normalized spacial score (nSPS) is 22.6. The summed E-state index contributed by atoms with van der Waals surface area (Å²) in [5.41, 5.74) is 2.50. The number of rotatable bonds is 1. The Labute approximate surface area is 118 Å². The highest BCUT2D eigenvalue weighted by atomic mass is 16.2. The Balaban J connectivity index is 1.59. The number of hydrogen-bond donors (Lipinski definition) is 1. The predicted octanol–water partition coefficient (Wildman–Crippen LogP) is 1.95. The number of likely N-dealkylation sites (tertiary alicyclic amines) is 1. The molecule has 2 heterocycles. The standard InChI is InChI=1S/C16H18N2O2/c19-14-13-11(8-17-14)4-3-5-12(13)15(20)18-9-16(10-18)6-1-2-7-16/h3-5H,1-2,6-10H2,(H,17,19). The Morgan fingerprint density at radius 3 is 2.70 bits per heavy atom. The van der Waals surface area contributed by atoms with Crippen molar-refractivity contribution in [1.82, 2.24) is 10.2 Å². The third kappa shape index (κ3) is 1.60. The number of carbonyl (C=O) groups excluding carboxylic acids is 2. The van der Waals surface area contributed by atoms with Gasteiger partial charge in [0.15, 0.2) is 0 Å². The molecule has 0 radical (unpaired) electrons. The summed E-state index contributed by atoms with van der Waals surface area (Å²) in [4.78, 5) is 26.4. The highest BCUT2D eigenvalue weighted by Gasteiger charge is 2.47. The molecule has 104 valence electrons. The molecule has 1 N–H and O–H groups in total. The lowest BCUT2D eigenvalue weighted by atomic mass is 9.78. The van der Waals surface area contributed by atoms with Gasteiger partial charge in [-0.15, -0.1) is 0 Å². The molecule has 1 aromatic carbocycles. The van der Waals surface area contributed by atoms with E-state index >= 15 is 0 Å². The Kier molecular flexibility index (Phi) is 2.43. The van der Waals surface area contributed by atoms with E-state index in [0.29, 0.717) is 23.1 Å². The second-order valence-corrected chi connectivity index (χ2v) is 6.39. The van der Waals surface area contributed by atoms with Crippen LogP contribution in [0.2, 0.25) is 0 Å². The SMILES string of the molecule is O=C1NCc2cccc(C(=O)N3CC4(CCCC4)C3)c21. The molecular weight excluding hydrogens is 252 g/mol. The number of hydrogen-bond acceptors (Lipinski definition) is 2. The fourth-order valence-corrected chi connectivity index (χ4v) is 3.98. The third-order valence-corrected chi connectivity index (χ3v) is 5.05. The first kappa shape index (κ1) is 11.9. The number of nitrogens with zero attached hydrogens (tertiary/aromatic N) is 1. The van der Waals surface area contributed by atoms with Crippen LogP contribution in [0.1, 0.15) is 52.0 Å². The number of carbonyl (C=O) groups is 2. The summed E-state index contributed by atoms with van der Waals surface area (Å²) in [7, 11) is 0. The van der Waals surface area contributed by atoms with Crippen LogP contribution in [0, 0.1) is 5.41 Å². The highest BCUT2D eigenvalue weighted by molar-refractivity contribution is 6.09. The van der Waals surface area contributed by atoms with Gasteiger partial charge < -0.3 is 10.2 Å². The van der Waals surface area contributed by atoms with Gasteiger partial charge in [-0.2, -0.15) is 0 Å². The van der Waals surface area contributed by atoms with E-state index in [0.717, 1.165) is 18.7 Å². The van der Waals surface area contributed by atoms with Crippen molar-refractivity contribution in [1.29, 1.82) is 0 Å². The van der Waals surface area contributed by atoms with E-state index in [2.05, 4.69) is 5.32 Å². The van der Waals surface area contributed by atoms with Gasteiger partial charge >= 0.3 is 0 Å². The summed E-state index contributed by atoms with van der Waals surface area (Å²) in [6.45, 7) is 2.29. The minimum absolute atomic E-state index is 0.0245. The molecule has 1 saturated carbocycles. The van der Waals surface area contributed by atoms with Gasteiger partial charge in [0.05, 0.1) is 11.1 Å². The molecular formula is C16H18N2O2. The van der Waals surface area contributed by atoms with Crippen molar-refractivity contribution in [3.8, 4) is 0 Å². The lowest BCUT2D eigenvalue weighted by molar-refractivity contribution is 0.00923. The summed E-state index contributed by atoms with van der Waals surface area (Å²) in [5.74, 6) is -0.0866. The quantitative estimate of drug-likeness (QED) is 0.848. The van der Waals surface area contributed by atoms with Crippen LogP contribution in [-0.4, -0.2) is 29.8 Å². The summed E-state index contributed by atoms with van der Waals surface area (Å²) in [5, 5.41) is 2.79. The maximum atomic E-state index is 12.6. The lowest BCUT2D eigenvalue weighted by Crippen LogP contribution is -2.57. The zero-order valence-electron chi connectivity index (χ0n) is 11.4. The molecule has 4 heteroatoms. The van der Waals surface area contributed by atoms with Crippen molar-refractivity contribution in [2.75, 3.05) is 13.1 Å². The van der Waals surface area contributed by atoms with Gasteiger partial charge in [-0.3, -0.25) is 9.59 Å². The molecule has 1 saturated heterocycles. The Bertz CT molecular complexity index is 594. The van der Waals surface area contributed by atoms with Gasteiger partial charge in [-0.25, -0.2) is 0 Å². The van der Waals surface area contributed by atoms with Gasteiger partial charge in [-0.05, 0) is 24.5 Å². The average Bonchev–Trinajstić information content (AvgIpc) is 3.04. The summed E-state index contributed by atoms with van der Waals surface area (Å²) >= 11 is 0. The monoisotopic (exact) mass is 270 g/mol. The molecule has 1 spiro atoms. The molecule has 2 fully saturated rings. The molecule has 2 aliphatic heterocycles. The molecule has 3 aliphatic rings. The molecule has 20 heavy (non-hydrogen) atoms. The van der Waals surface area contributed by atoms with Crippen LogP contribution >= 0.6 is 0 Å². The van der Waals surface area contributed by atoms with Crippen LogP contribution in [0.3, 0.4) is 0 Å². The molecule has 0 aromatic heterocycles. The molecule has 4 rings (SSSR count). The Morgan fingerprint density at radius 2 is 1.95 bits per heavy atom. The van der Waals surface area contributed by atoms with Gasteiger partial charge in [0.1, 0.15) is 0 Å². The largest absolute Gasteiger partial charge is 0.348 e. The van der Waals surface area contributed by atoms with E-state index in [1.165, 1.54) is 25.7 Å². The fourth-order valence-electron chi connectivity index (χ4n) is 3.98. The zero-order chi connectivity index (χ0) is 13.7. The van der Waals surface area contributed by atoms with E-state index in [1.807, 2.05) is 17.0 Å². The predicted molar refractivity (Wildman–Crippen MR) is 74.4 cm³/mol. The summed E-state index contributed by atoms with van der Waals surface area (Å²) in [6.07, 6.45) is 5.10. The Hall–Kier alpha value is -1.84. The van der Waals surface area contributed by atoms with Crippen LogP contribution in [0.25, 0.3) is 0 Å². The molecule has 0 bridgehead atoms. The first-order chi connectivity index (χ1) is 9.69. The number of benzene rings is 1. The molecule has 1 aromatic rings.